The Morgan fingerprint density at radius 3 is 2.00 bits per heavy atom. The van der Waals surface area contributed by atoms with Gasteiger partial charge in [-0.05, 0) is 33.8 Å². The summed E-state index contributed by atoms with van der Waals surface area (Å²) in [5.41, 5.74) is 1.31. The molecule has 1 aromatic rings. The number of nitrogens with one attached hydrogen (secondary N) is 1. The Hall–Kier alpha value is -0.900. The van der Waals surface area contributed by atoms with Crippen LogP contribution in [0.1, 0.15) is 5.56 Å². The Kier molecular flexibility index (Phi) is 4.75. The molecule has 0 aliphatic carbocycles. The van der Waals surface area contributed by atoms with E-state index in [0.29, 0.717) is 0 Å². The quantitative estimate of drug-likeness (QED) is 0.732. The third kappa shape index (κ3) is 4.00. The molecule has 0 saturated carbocycles. The van der Waals surface area contributed by atoms with Crippen molar-refractivity contribution in [3.05, 3.63) is 35.9 Å². The molecule has 0 aliphatic heterocycles. The van der Waals surface area contributed by atoms with Gasteiger partial charge in [-0.2, -0.15) is 0 Å². The fraction of sp³-hybridized carbons (Fsp3) is 0.500. The maximum Gasteiger partial charge on any atom is 0.116 e. The first kappa shape index (κ1) is 12.2. The maximum absolute atomic E-state index is 3.49. The lowest BCUT2D eigenvalue weighted by atomic mass is 10.2. The van der Waals surface area contributed by atoms with E-state index in [1.165, 1.54) is 5.56 Å². The van der Waals surface area contributed by atoms with E-state index >= 15 is 0 Å². The van der Waals surface area contributed by atoms with Gasteiger partial charge in [-0.3, -0.25) is 15.1 Å². The largest absolute Gasteiger partial charge is 0.285 e. The summed E-state index contributed by atoms with van der Waals surface area (Å²) in [4.78, 5) is 4.31. The molecular weight excluding hydrogens is 186 g/mol. The van der Waals surface area contributed by atoms with Gasteiger partial charge in [0.2, 0.25) is 0 Å². The summed E-state index contributed by atoms with van der Waals surface area (Å²) in [6, 6.07) is 10.4. The molecule has 1 aromatic carbocycles. The molecule has 1 rings (SSSR count). The molecule has 1 N–H and O–H groups in total. The molecule has 0 unspecified atom stereocenters. The summed E-state index contributed by atoms with van der Waals surface area (Å²) >= 11 is 0. The van der Waals surface area contributed by atoms with Crippen molar-refractivity contribution in [2.75, 3.05) is 28.2 Å². The molecule has 0 spiro atoms. The van der Waals surface area contributed by atoms with Crippen LogP contribution in [0.5, 0.6) is 0 Å². The summed E-state index contributed by atoms with van der Waals surface area (Å²) in [5.74, 6) is 0. The highest BCUT2D eigenvalue weighted by Gasteiger charge is 2.11. The molecule has 3 nitrogen and oxygen atoms in total. The minimum absolute atomic E-state index is 0.269. The van der Waals surface area contributed by atoms with Crippen molar-refractivity contribution in [1.82, 2.24) is 15.1 Å². The first-order chi connectivity index (χ1) is 7.11. The number of hydrogen-bond donors (Lipinski definition) is 1. The minimum atomic E-state index is 0.269. The van der Waals surface area contributed by atoms with Crippen molar-refractivity contribution in [3.8, 4) is 0 Å². The maximum atomic E-state index is 3.49. The van der Waals surface area contributed by atoms with Crippen LogP contribution in [0.15, 0.2) is 30.3 Å². The minimum Gasteiger partial charge on any atom is -0.285 e. The molecule has 3 heteroatoms. The van der Waals surface area contributed by atoms with Gasteiger partial charge in [0.15, 0.2) is 0 Å². The van der Waals surface area contributed by atoms with Gasteiger partial charge in [0.25, 0.3) is 0 Å². The molecule has 84 valence electrons. The Labute approximate surface area is 92.7 Å². The average Bonchev–Trinajstić information content (AvgIpc) is 2.18. The average molecular weight is 207 g/mol. The normalized spacial score (nSPS) is 11.7. The van der Waals surface area contributed by atoms with Crippen LogP contribution in [-0.2, 0) is 6.54 Å². The van der Waals surface area contributed by atoms with Crippen LogP contribution in [0.2, 0.25) is 0 Å². The van der Waals surface area contributed by atoms with Crippen LogP contribution in [-0.4, -0.2) is 44.3 Å². The summed E-state index contributed by atoms with van der Waals surface area (Å²) in [5, 5.41) is 3.49. The highest BCUT2D eigenvalue weighted by Crippen LogP contribution is 2.00. The van der Waals surface area contributed by atoms with E-state index < -0.39 is 0 Å². The highest BCUT2D eigenvalue weighted by molar-refractivity contribution is 5.14. The van der Waals surface area contributed by atoms with Crippen LogP contribution in [0.3, 0.4) is 0 Å². The van der Waals surface area contributed by atoms with E-state index in [1.807, 2.05) is 6.07 Å². The lowest BCUT2D eigenvalue weighted by molar-refractivity contribution is 0.0939. The molecule has 0 bridgehead atoms. The molecule has 0 aromatic heterocycles. The van der Waals surface area contributed by atoms with E-state index in [9.17, 15) is 0 Å². The second-order valence-electron chi connectivity index (χ2n) is 4.17. The molecule has 0 fully saturated rings. The van der Waals surface area contributed by atoms with Crippen LogP contribution >= 0.6 is 0 Å². The molecule has 0 radical (unpaired) electrons. The molecule has 0 aliphatic rings. The third-order valence-corrected chi connectivity index (χ3v) is 2.31. The van der Waals surface area contributed by atoms with Gasteiger partial charge in [0.1, 0.15) is 6.29 Å². The zero-order valence-corrected chi connectivity index (χ0v) is 10.1. The topological polar surface area (TPSA) is 18.5 Å². The summed E-state index contributed by atoms with van der Waals surface area (Å²) < 4.78 is 0. The second-order valence-corrected chi connectivity index (χ2v) is 4.17. The monoisotopic (exact) mass is 207 g/mol. The Morgan fingerprint density at radius 2 is 1.53 bits per heavy atom. The number of hydrogen-bond acceptors (Lipinski definition) is 3. The Morgan fingerprint density at radius 1 is 1.00 bits per heavy atom. The van der Waals surface area contributed by atoms with Gasteiger partial charge in [0.05, 0.1) is 0 Å². The predicted molar refractivity (Wildman–Crippen MR) is 64.4 cm³/mol. The first-order valence-corrected chi connectivity index (χ1v) is 5.21. The summed E-state index contributed by atoms with van der Waals surface area (Å²) in [6.45, 7) is 0.891. The van der Waals surface area contributed by atoms with Gasteiger partial charge < -0.3 is 0 Å². The summed E-state index contributed by atoms with van der Waals surface area (Å²) in [7, 11) is 8.29. The standard InChI is InChI=1S/C12H21N3/c1-14(2)12(15(3)4)13-10-11-8-6-5-7-9-11/h5-9,12-13H,10H2,1-4H3. The van der Waals surface area contributed by atoms with Gasteiger partial charge in [0, 0.05) is 6.54 Å². The molecule has 0 amide bonds. The Balaban J connectivity index is 2.47. The van der Waals surface area contributed by atoms with Crippen LogP contribution < -0.4 is 5.32 Å². The first-order valence-electron chi connectivity index (χ1n) is 5.21. The summed E-state index contributed by atoms with van der Waals surface area (Å²) in [6.07, 6.45) is 0.269. The highest BCUT2D eigenvalue weighted by atomic mass is 15.4. The van der Waals surface area contributed by atoms with E-state index in [4.69, 9.17) is 0 Å². The molecular formula is C12H21N3. The number of rotatable bonds is 5. The van der Waals surface area contributed by atoms with Crippen LogP contribution in [0.4, 0.5) is 0 Å². The fourth-order valence-electron chi connectivity index (χ4n) is 1.63. The Bertz CT molecular complexity index is 261. The van der Waals surface area contributed by atoms with Crippen molar-refractivity contribution in [3.63, 3.8) is 0 Å². The SMILES string of the molecule is CN(C)C(NCc1ccccc1)N(C)C. The van der Waals surface area contributed by atoms with Crippen molar-refractivity contribution in [1.29, 1.82) is 0 Å². The predicted octanol–water partition coefficient (Wildman–Crippen LogP) is 1.18. The molecule has 0 heterocycles. The van der Waals surface area contributed by atoms with E-state index in [1.54, 1.807) is 0 Å². The van der Waals surface area contributed by atoms with Gasteiger partial charge >= 0.3 is 0 Å². The van der Waals surface area contributed by atoms with Crippen LogP contribution in [0, 0.1) is 0 Å². The van der Waals surface area contributed by atoms with Crippen molar-refractivity contribution < 1.29 is 0 Å². The van der Waals surface area contributed by atoms with E-state index in [0.717, 1.165) is 6.54 Å². The smallest absolute Gasteiger partial charge is 0.116 e. The lowest BCUT2D eigenvalue weighted by Crippen LogP contribution is -2.50. The molecule has 15 heavy (non-hydrogen) atoms. The number of benzene rings is 1. The van der Waals surface area contributed by atoms with Crippen molar-refractivity contribution in [2.24, 2.45) is 0 Å². The van der Waals surface area contributed by atoms with Crippen molar-refractivity contribution in [2.45, 2.75) is 12.8 Å². The van der Waals surface area contributed by atoms with Crippen molar-refractivity contribution >= 4 is 0 Å². The fourth-order valence-corrected chi connectivity index (χ4v) is 1.63. The zero-order valence-electron chi connectivity index (χ0n) is 10.1. The van der Waals surface area contributed by atoms with E-state index in [-0.39, 0.29) is 6.29 Å². The third-order valence-electron chi connectivity index (χ3n) is 2.31. The van der Waals surface area contributed by atoms with Gasteiger partial charge in [-0.1, -0.05) is 30.3 Å². The lowest BCUT2D eigenvalue weighted by Gasteiger charge is -2.31. The molecule has 0 saturated heterocycles. The molecule has 0 atom stereocenters. The zero-order chi connectivity index (χ0) is 11.3. The number of nitrogens with zero attached hydrogens (tertiary/aromatic N) is 2. The second kappa shape index (κ2) is 5.85. The van der Waals surface area contributed by atoms with Crippen LogP contribution in [0.25, 0.3) is 0 Å². The van der Waals surface area contributed by atoms with Gasteiger partial charge in [-0.25, -0.2) is 0 Å². The van der Waals surface area contributed by atoms with E-state index in [2.05, 4.69) is 67.6 Å². The van der Waals surface area contributed by atoms with Gasteiger partial charge in [-0.15, -0.1) is 0 Å².